The van der Waals surface area contributed by atoms with Crippen LogP contribution in [-0.2, 0) is 13.0 Å². The normalized spacial score (nSPS) is 13.4. The van der Waals surface area contributed by atoms with E-state index in [1.807, 2.05) is 19.1 Å². The number of nitrogen functional groups attached to an aromatic ring is 1. The molecule has 0 fully saturated rings. The van der Waals surface area contributed by atoms with Gasteiger partial charge >= 0.3 is 0 Å². The van der Waals surface area contributed by atoms with Gasteiger partial charge in [0.1, 0.15) is 5.75 Å². The molecule has 1 aliphatic rings. The van der Waals surface area contributed by atoms with E-state index < -0.39 is 0 Å². The van der Waals surface area contributed by atoms with E-state index >= 15 is 0 Å². The van der Waals surface area contributed by atoms with Gasteiger partial charge in [-0.25, -0.2) is 0 Å². The molecule has 1 aromatic heterocycles. The Bertz CT molecular complexity index is 682. The highest BCUT2D eigenvalue weighted by Gasteiger charge is 2.20. The number of aryl methyl sites for hydroxylation is 2. The van der Waals surface area contributed by atoms with Crippen LogP contribution in [0.3, 0.4) is 0 Å². The van der Waals surface area contributed by atoms with E-state index in [9.17, 15) is 0 Å². The molecule has 0 radical (unpaired) electrons. The average molecular weight is 283 g/mol. The fraction of sp³-hybridized carbons (Fsp3) is 0.353. The summed E-state index contributed by atoms with van der Waals surface area (Å²) in [7, 11) is 1.69. The van der Waals surface area contributed by atoms with E-state index in [0.717, 1.165) is 47.9 Å². The molecule has 110 valence electrons. The van der Waals surface area contributed by atoms with Crippen molar-refractivity contribution in [3.63, 3.8) is 0 Å². The van der Waals surface area contributed by atoms with E-state index in [1.165, 1.54) is 11.3 Å². The molecule has 1 aliphatic heterocycles. The average Bonchev–Trinajstić information content (AvgIpc) is 2.81. The third kappa shape index (κ3) is 2.66. The molecule has 21 heavy (non-hydrogen) atoms. The Hall–Kier alpha value is -2.23. The number of nitrogens with zero attached hydrogens (tertiary/aromatic N) is 2. The molecule has 2 aromatic rings. The van der Waals surface area contributed by atoms with Crippen LogP contribution in [0, 0.1) is 13.8 Å². The predicted molar refractivity (Wildman–Crippen MR) is 85.9 cm³/mol. The molecule has 2 heterocycles. The minimum absolute atomic E-state index is 0.785. The van der Waals surface area contributed by atoms with Crippen LogP contribution in [0.1, 0.15) is 22.5 Å². The van der Waals surface area contributed by atoms with Gasteiger partial charge < -0.3 is 15.4 Å². The molecule has 0 saturated heterocycles. The predicted octanol–water partition coefficient (Wildman–Crippen LogP) is 2.85. The first-order valence-electron chi connectivity index (χ1n) is 7.22. The lowest BCUT2D eigenvalue weighted by atomic mass is 10.1. The maximum absolute atomic E-state index is 6.06. The summed E-state index contributed by atoms with van der Waals surface area (Å²) in [6.45, 7) is 5.85. The summed E-state index contributed by atoms with van der Waals surface area (Å²) >= 11 is 0. The molecular weight excluding hydrogens is 262 g/mol. The van der Waals surface area contributed by atoms with Crippen LogP contribution >= 0.6 is 0 Å². The van der Waals surface area contributed by atoms with Crippen LogP contribution in [0.2, 0.25) is 0 Å². The SMILES string of the molecule is COc1cc(C)nc(CN2CCc3cc(C)c(N)cc32)c1. The van der Waals surface area contributed by atoms with E-state index in [1.54, 1.807) is 7.11 Å². The molecule has 0 unspecified atom stereocenters. The van der Waals surface area contributed by atoms with Crippen molar-refractivity contribution in [2.24, 2.45) is 0 Å². The zero-order valence-corrected chi connectivity index (χ0v) is 12.8. The number of rotatable bonds is 3. The largest absolute Gasteiger partial charge is 0.497 e. The van der Waals surface area contributed by atoms with Crippen LogP contribution in [0.25, 0.3) is 0 Å². The van der Waals surface area contributed by atoms with Gasteiger partial charge in [0.25, 0.3) is 0 Å². The van der Waals surface area contributed by atoms with E-state index in [4.69, 9.17) is 10.5 Å². The second-order valence-corrected chi connectivity index (χ2v) is 5.65. The van der Waals surface area contributed by atoms with Crippen molar-refractivity contribution in [1.29, 1.82) is 0 Å². The highest BCUT2D eigenvalue weighted by atomic mass is 16.5. The first-order chi connectivity index (χ1) is 10.1. The highest BCUT2D eigenvalue weighted by Crippen LogP contribution is 2.33. The molecule has 0 spiro atoms. The van der Waals surface area contributed by atoms with Crippen molar-refractivity contribution in [3.8, 4) is 5.75 Å². The van der Waals surface area contributed by atoms with E-state index in [-0.39, 0.29) is 0 Å². The first kappa shape index (κ1) is 13.7. The van der Waals surface area contributed by atoms with Crippen molar-refractivity contribution in [2.75, 3.05) is 24.3 Å². The number of hydrogen-bond acceptors (Lipinski definition) is 4. The topological polar surface area (TPSA) is 51.4 Å². The van der Waals surface area contributed by atoms with E-state index in [0.29, 0.717) is 0 Å². The van der Waals surface area contributed by atoms with Crippen LogP contribution in [-0.4, -0.2) is 18.6 Å². The lowest BCUT2D eigenvalue weighted by molar-refractivity contribution is 0.413. The maximum atomic E-state index is 6.06. The number of ether oxygens (including phenoxy) is 1. The molecule has 2 N–H and O–H groups in total. The monoisotopic (exact) mass is 283 g/mol. The number of methoxy groups -OCH3 is 1. The molecule has 0 atom stereocenters. The van der Waals surface area contributed by atoms with Gasteiger partial charge in [-0.1, -0.05) is 6.07 Å². The number of hydrogen-bond donors (Lipinski definition) is 1. The summed E-state index contributed by atoms with van der Waals surface area (Å²) in [4.78, 5) is 6.94. The molecular formula is C17H21N3O. The lowest BCUT2D eigenvalue weighted by Gasteiger charge is -2.20. The molecule has 0 amide bonds. The third-order valence-electron chi connectivity index (χ3n) is 4.03. The van der Waals surface area contributed by atoms with Gasteiger partial charge in [0.15, 0.2) is 0 Å². The van der Waals surface area contributed by atoms with Crippen molar-refractivity contribution in [1.82, 2.24) is 4.98 Å². The Morgan fingerprint density at radius 2 is 2.05 bits per heavy atom. The summed E-state index contributed by atoms with van der Waals surface area (Å²) in [5, 5.41) is 0. The van der Waals surface area contributed by atoms with Crippen molar-refractivity contribution >= 4 is 11.4 Å². The van der Waals surface area contributed by atoms with Crippen molar-refractivity contribution in [3.05, 3.63) is 46.8 Å². The van der Waals surface area contributed by atoms with Crippen LogP contribution < -0.4 is 15.4 Å². The number of anilines is 2. The zero-order valence-electron chi connectivity index (χ0n) is 12.8. The summed E-state index contributed by atoms with van der Waals surface area (Å²) in [5.41, 5.74) is 12.7. The Morgan fingerprint density at radius 3 is 2.81 bits per heavy atom. The molecule has 0 bridgehead atoms. The zero-order chi connectivity index (χ0) is 15.0. The summed E-state index contributed by atoms with van der Waals surface area (Å²) in [6, 6.07) is 8.24. The molecule has 3 rings (SSSR count). The summed E-state index contributed by atoms with van der Waals surface area (Å²) < 4.78 is 5.33. The number of fused-ring (bicyclic) bond motifs is 1. The van der Waals surface area contributed by atoms with Gasteiger partial charge in [-0.2, -0.15) is 0 Å². The van der Waals surface area contributed by atoms with Crippen molar-refractivity contribution in [2.45, 2.75) is 26.8 Å². The van der Waals surface area contributed by atoms with Gasteiger partial charge in [-0.3, -0.25) is 4.98 Å². The highest BCUT2D eigenvalue weighted by molar-refractivity contribution is 5.67. The Kier molecular flexibility index (Phi) is 3.45. The van der Waals surface area contributed by atoms with Crippen LogP contribution in [0.15, 0.2) is 24.3 Å². The molecule has 4 nitrogen and oxygen atoms in total. The smallest absolute Gasteiger partial charge is 0.122 e. The Labute approximate surface area is 125 Å². The lowest BCUT2D eigenvalue weighted by Crippen LogP contribution is -2.20. The quantitative estimate of drug-likeness (QED) is 0.880. The fourth-order valence-corrected chi connectivity index (χ4v) is 2.90. The second-order valence-electron chi connectivity index (χ2n) is 5.65. The number of benzene rings is 1. The Balaban J connectivity index is 1.88. The third-order valence-corrected chi connectivity index (χ3v) is 4.03. The van der Waals surface area contributed by atoms with Gasteiger partial charge in [0, 0.05) is 35.7 Å². The van der Waals surface area contributed by atoms with Gasteiger partial charge in [-0.05, 0) is 37.5 Å². The molecule has 0 aliphatic carbocycles. The van der Waals surface area contributed by atoms with E-state index in [2.05, 4.69) is 28.9 Å². The van der Waals surface area contributed by atoms with Gasteiger partial charge in [0.05, 0.1) is 19.3 Å². The molecule has 0 saturated carbocycles. The standard InChI is InChI=1S/C17H21N3O/c1-11-6-13-4-5-20(17(13)9-16(11)18)10-14-8-15(21-3)7-12(2)19-14/h6-9H,4-5,10,18H2,1-3H3. The van der Waals surface area contributed by atoms with Gasteiger partial charge in [0.2, 0.25) is 0 Å². The fourth-order valence-electron chi connectivity index (χ4n) is 2.90. The van der Waals surface area contributed by atoms with Crippen LogP contribution in [0.5, 0.6) is 5.75 Å². The molecule has 1 aromatic carbocycles. The summed E-state index contributed by atoms with van der Waals surface area (Å²) in [6.07, 6.45) is 1.07. The number of nitrogens with two attached hydrogens (primary N) is 1. The minimum atomic E-state index is 0.785. The second kappa shape index (κ2) is 5.28. The van der Waals surface area contributed by atoms with Crippen molar-refractivity contribution < 1.29 is 4.74 Å². The minimum Gasteiger partial charge on any atom is -0.497 e. The number of pyridine rings is 1. The Morgan fingerprint density at radius 1 is 1.24 bits per heavy atom. The summed E-state index contributed by atoms with van der Waals surface area (Å²) in [5.74, 6) is 0.861. The first-order valence-corrected chi connectivity index (χ1v) is 7.22. The number of aromatic nitrogens is 1. The van der Waals surface area contributed by atoms with Crippen LogP contribution in [0.4, 0.5) is 11.4 Å². The maximum Gasteiger partial charge on any atom is 0.122 e. The molecule has 4 heteroatoms. The van der Waals surface area contributed by atoms with Gasteiger partial charge in [-0.15, -0.1) is 0 Å².